The number of unbranched alkanes of at least 4 members (excludes halogenated alkanes) is 1. The van der Waals surface area contributed by atoms with Gasteiger partial charge in [-0.25, -0.2) is 4.79 Å². The van der Waals surface area contributed by atoms with Crippen LogP contribution in [0.3, 0.4) is 0 Å². The smallest absolute Gasteiger partial charge is 0.329 e. The van der Waals surface area contributed by atoms with E-state index in [0.717, 1.165) is 77.0 Å². The summed E-state index contributed by atoms with van der Waals surface area (Å²) in [6, 6.07) is -0.915. The number of esters is 1. The van der Waals surface area contributed by atoms with Gasteiger partial charge in [0.05, 0.1) is 13.2 Å². The van der Waals surface area contributed by atoms with Crippen LogP contribution in [0.2, 0.25) is 0 Å². The molecule has 0 rings (SSSR count). The second kappa shape index (κ2) is 46.3. The number of ether oxygens (including phenoxy) is 1. The molecule has 338 valence electrons. The van der Waals surface area contributed by atoms with Crippen molar-refractivity contribution in [3.05, 3.63) is 146 Å². The van der Waals surface area contributed by atoms with E-state index in [9.17, 15) is 24.6 Å². The predicted octanol–water partition coefficient (Wildman–Crippen LogP) is 11.6. The van der Waals surface area contributed by atoms with Crippen molar-refractivity contribution >= 4 is 17.8 Å². The molecule has 0 heterocycles. The normalized spacial score (nSPS) is 13.5. The first-order chi connectivity index (χ1) is 30.0. The highest BCUT2D eigenvalue weighted by Gasteiger charge is 2.24. The molecule has 2 amide bonds. The number of aliphatic hydroxyl groups is 2. The molecule has 1 unspecified atom stereocenters. The number of carbonyl (C=O) groups is 3. The van der Waals surface area contributed by atoms with Gasteiger partial charge in [0, 0.05) is 19.4 Å². The molecule has 4 N–H and O–H groups in total. The zero-order valence-corrected chi connectivity index (χ0v) is 37.6. The lowest BCUT2D eigenvalue weighted by atomic mass is 10.1. The molecule has 0 spiro atoms. The fourth-order valence-electron chi connectivity index (χ4n) is 5.39. The molecule has 0 saturated carbocycles. The number of carbonyl (C=O) groups excluding carboxylic acids is 3. The minimum atomic E-state index is -1.05. The molecule has 0 radical (unpaired) electrons. The van der Waals surface area contributed by atoms with E-state index in [4.69, 9.17) is 4.74 Å². The summed E-state index contributed by atoms with van der Waals surface area (Å²) >= 11 is 0. The van der Waals surface area contributed by atoms with Crippen LogP contribution in [-0.2, 0) is 19.1 Å². The third-order valence-corrected chi connectivity index (χ3v) is 8.82. The Morgan fingerprint density at radius 1 is 0.459 bits per heavy atom. The van der Waals surface area contributed by atoms with Gasteiger partial charge in [0.15, 0.2) is 0 Å². The van der Waals surface area contributed by atoms with Crippen LogP contribution in [0.4, 0.5) is 0 Å². The van der Waals surface area contributed by atoms with E-state index in [1.54, 1.807) is 0 Å². The average molecular weight is 841 g/mol. The van der Waals surface area contributed by atoms with E-state index in [2.05, 4.69) is 152 Å². The quantitative estimate of drug-likeness (QED) is 0.0279. The van der Waals surface area contributed by atoms with Crippen molar-refractivity contribution in [2.45, 2.75) is 148 Å². The largest absolute Gasteiger partial charge is 0.456 e. The minimum Gasteiger partial charge on any atom is -0.456 e. The Morgan fingerprint density at radius 3 is 1.13 bits per heavy atom. The van der Waals surface area contributed by atoms with Crippen LogP contribution in [0.15, 0.2) is 146 Å². The average Bonchev–Trinajstić information content (AvgIpc) is 3.26. The van der Waals surface area contributed by atoms with Gasteiger partial charge in [-0.15, -0.1) is 0 Å². The molecule has 0 saturated heterocycles. The lowest BCUT2D eigenvalue weighted by molar-refractivity contribution is -0.157. The second-order valence-corrected chi connectivity index (χ2v) is 14.3. The van der Waals surface area contributed by atoms with Crippen LogP contribution in [0.5, 0.6) is 0 Å². The van der Waals surface area contributed by atoms with Crippen molar-refractivity contribution in [3.8, 4) is 0 Å². The number of hydrogen-bond acceptors (Lipinski definition) is 6. The molecule has 61 heavy (non-hydrogen) atoms. The van der Waals surface area contributed by atoms with Gasteiger partial charge in [-0.05, 0) is 109 Å². The molecule has 0 aliphatic heterocycles. The van der Waals surface area contributed by atoms with Gasteiger partial charge in [0.25, 0.3) is 0 Å². The van der Waals surface area contributed by atoms with E-state index >= 15 is 0 Å². The Bertz CT molecular complexity index is 1450. The fraction of sp³-hybridized carbons (Fsp3) is 0.491. The number of hydrogen-bond donors (Lipinski definition) is 4. The van der Waals surface area contributed by atoms with Crippen molar-refractivity contribution in [1.29, 1.82) is 0 Å². The number of allylic oxidation sites excluding steroid dienone is 24. The molecular weight excluding hydrogens is 761 g/mol. The minimum absolute atomic E-state index is 0.0353. The Labute approximate surface area is 370 Å². The molecular formula is C53H80N2O6. The van der Waals surface area contributed by atoms with E-state index in [1.807, 2.05) is 18.2 Å². The predicted molar refractivity (Wildman–Crippen MR) is 258 cm³/mol. The Kier molecular flexibility index (Phi) is 42.6. The van der Waals surface area contributed by atoms with Crippen LogP contribution in [0.1, 0.15) is 136 Å². The zero-order valence-electron chi connectivity index (χ0n) is 37.6. The van der Waals surface area contributed by atoms with Gasteiger partial charge < -0.3 is 25.6 Å². The number of nitrogens with one attached hydrogen (secondary N) is 2. The van der Waals surface area contributed by atoms with Gasteiger partial charge in [0.1, 0.15) is 12.1 Å². The molecule has 0 aromatic heterocycles. The summed E-state index contributed by atoms with van der Waals surface area (Å²) in [7, 11) is 0. The summed E-state index contributed by atoms with van der Waals surface area (Å²) in [4.78, 5) is 37.8. The van der Waals surface area contributed by atoms with Crippen LogP contribution in [0, 0.1) is 0 Å². The summed E-state index contributed by atoms with van der Waals surface area (Å²) in [6.45, 7) is 3.70. The monoisotopic (exact) mass is 841 g/mol. The third kappa shape index (κ3) is 41.7. The highest BCUT2D eigenvalue weighted by molar-refractivity contribution is 5.84. The van der Waals surface area contributed by atoms with Gasteiger partial charge in [0.2, 0.25) is 11.8 Å². The summed E-state index contributed by atoms with van der Waals surface area (Å²) in [6.07, 6.45) is 65.0. The van der Waals surface area contributed by atoms with Crippen molar-refractivity contribution in [3.63, 3.8) is 0 Å². The molecule has 0 aromatic carbocycles. The molecule has 8 heteroatoms. The third-order valence-electron chi connectivity index (χ3n) is 8.82. The van der Waals surface area contributed by atoms with E-state index in [0.29, 0.717) is 45.1 Å². The number of amides is 2. The van der Waals surface area contributed by atoms with Gasteiger partial charge in [-0.2, -0.15) is 0 Å². The molecule has 8 nitrogen and oxygen atoms in total. The summed E-state index contributed by atoms with van der Waals surface area (Å²) < 4.78 is 5.21. The van der Waals surface area contributed by atoms with Crippen molar-refractivity contribution in [2.24, 2.45) is 0 Å². The van der Waals surface area contributed by atoms with Crippen molar-refractivity contribution in [2.75, 3.05) is 19.8 Å². The summed E-state index contributed by atoms with van der Waals surface area (Å²) in [5.41, 5.74) is 0. The molecule has 0 aromatic rings. The number of aliphatic hydroxyl groups excluding tert-OH is 2. The maximum atomic E-state index is 12.8. The first kappa shape index (κ1) is 56.2. The molecule has 0 bridgehead atoms. The van der Waals surface area contributed by atoms with Crippen LogP contribution >= 0.6 is 0 Å². The molecule has 1 atom stereocenters. The lowest BCUT2D eigenvalue weighted by Gasteiger charge is -2.20. The maximum absolute atomic E-state index is 12.8. The van der Waals surface area contributed by atoms with E-state index in [-0.39, 0.29) is 18.2 Å². The van der Waals surface area contributed by atoms with Crippen LogP contribution in [0.25, 0.3) is 0 Å². The standard InChI is InChI=1S/C53H80N2O6/c1-3-5-7-9-11-13-15-17-19-21-23-25-27-29-31-33-35-37-39-44-51(58)54-46-42-41-43-50(53(60)61-49(47-56)48-57)55-52(59)45-40-38-36-34-32-30-28-26-24-22-20-18-16-14-12-10-8-6-4-2/h5-8,11-14,17-20,23-26,29-32,35-38,49-50,56-57H,3-4,9-10,15-16,21-22,27-28,33-34,39-48H2,1-2H3,(H,54,58)(H,55,59). The molecule has 0 aliphatic carbocycles. The fourth-order valence-corrected chi connectivity index (χ4v) is 5.39. The topological polar surface area (TPSA) is 125 Å². The van der Waals surface area contributed by atoms with Crippen LogP contribution in [-0.4, -0.2) is 59.9 Å². The number of rotatable bonds is 38. The Morgan fingerprint density at radius 2 is 0.787 bits per heavy atom. The molecule has 0 fully saturated rings. The SMILES string of the molecule is CCC=CCC=CCC=CCC=CCC=CCC=CCCC(=O)NCCCCC(NC(=O)CCC=CCC=CCC=CCC=CCC=CCC=CCC)C(=O)OC(CO)CO. The van der Waals surface area contributed by atoms with Gasteiger partial charge in [-0.3, -0.25) is 9.59 Å². The summed E-state index contributed by atoms with van der Waals surface area (Å²) in [5.74, 6) is -1.02. The first-order valence-corrected chi connectivity index (χ1v) is 22.8. The highest BCUT2D eigenvalue weighted by atomic mass is 16.6. The highest BCUT2D eigenvalue weighted by Crippen LogP contribution is 2.07. The zero-order chi connectivity index (χ0) is 44.5. The Balaban J connectivity index is 4.31. The van der Waals surface area contributed by atoms with E-state index in [1.165, 1.54) is 0 Å². The van der Waals surface area contributed by atoms with E-state index < -0.39 is 31.3 Å². The van der Waals surface area contributed by atoms with Gasteiger partial charge >= 0.3 is 5.97 Å². The summed E-state index contributed by atoms with van der Waals surface area (Å²) in [5, 5.41) is 24.4. The maximum Gasteiger partial charge on any atom is 0.329 e. The lowest BCUT2D eigenvalue weighted by Crippen LogP contribution is -2.44. The first-order valence-electron chi connectivity index (χ1n) is 22.8. The van der Waals surface area contributed by atoms with Crippen molar-refractivity contribution in [1.82, 2.24) is 10.6 Å². The Hall–Kier alpha value is -4.79. The second-order valence-electron chi connectivity index (χ2n) is 14.3. The molecule has 0 aliphatic rings. The van der Waals surface area contributed by atoms with Crippen LogP contribution < -0.4 is 10.6 Å². The van der Waals surface area contributed by atoms with Gasteiger partial charge in [-0.1, -0.05) is 160 Å². The van der Waals surface area contributed by atoms with Crippen molar-refractivity contribution < 1.29 is 29.3 Å².